The Labute approximate surface area is 141 Å². The van der Waals surface area contributed by atoms with E-state index in [-0.39, 0.29) is 18.3 Å². The van der Waals surface area contributed by atoms with E-state index in [1.165, 1.54) is 0 Å². The first-order chi connectivity index (χ1) is 12.2. The lowest BCUT2D eigenvalue weighted by atomic mass is 10.3. The molecule has 0 aliphatic heterocycles. The van der Waals surface area contributed by atoms with Crippen LogP contribution in [-0.2, 0) is 11.3 Å². The minimum atomic E-state index is -0.229. The van der Waals surface area contributed by atoms with E-state index in [1.807, 2.05) is 24.3 Å². The number of nitrogen functional groups attached to an aromatic ring is 1. The van der Waals surface area contributed by atoms with Crippen molar-refractivity contribution in [3.05, 3.63) is 48.8 Å². The zero-order valence-electron chi connectivity index (χ0n) is 13.0. The van der Waals surface area contributed by atoms with Gasteiger partial charge in [0.05, 0.1) is 22.9 Å². The van der Waals surface area contributed by atoms with Crippen molar-refractivity contribution >= 4 is 28.4 Å². The highest BCUT2D eigenvalue weighted by Gasteiger charge is 2.20. The monoisotopic (exact) mass is 335 g/mol. The molecule has 25 heavy (non-hydrogen) atoms. The van der Waals surface area contributed by atoms with Crippen molar-refractivity contribution in [2.75, 3.05) is 11.1 Å². The van der Waals surface area contributed by atoms with Gasteiger partial charge in [0.1, 0.15) is 6.54 Å². The molecule has 1 aromatic carbocycles. The summed E-state index contributed by atoms with van der Waals surface area (Å²) in [6.45, 7) is 0.0248. The van der Waals surface area contributed by atoms with Gasteiger partial charge in [-0.15, -0.1) is 0 Å². The number of amides is 1. The quantitative estimate of drug-likeness (QED) is 0.581. The van der Waals surface area contributed by atoms with Crippen LogP contribution in [0.5, 0.6) is 0 Å². The summed E-state index contributed by atoms with van der Waals surface area (Å²) in [4.78, 5) is 20.9. The molecular weight excluding hydrogens is 322 g/mol. The lowest BCUT2D eigenvalue weighted by molar-refractivity contribution is -0.116. The van der Waals surface area contributed by atoms with Crippen LogP contribution in [0.25, 0.3) is 22.6 Å². The van der Waals surface area contributed by atoms with Gasteiger partial charge in [0.15, 0.2) is 17.3 Å². The number of nitrogens with one attached hydrogen (secondary N) is 1. The molecule has 0 saturated carbocycles. The fourth-order valence-corrected chi connectivity index (χ4v) is 2.55. The largest absolute Gasteiger partial charge is 0.379 e. The number of nitrogens with zero attached hydrogens (tertiary/aromatic N) is 5. The van der Waals surface area contributed by atoms with Crippen LogP contribution in [0.3, 0.4) is 0 Å². The summed E-state index contributed by atoms with van der Waals surface area (Å²) in [5.41, 5.74) is 8.19. The summed E-state index contributed by atoms with van der Waals surface area (Å²) in [7, 11) is 0. The number of carbonyl (C=O) groups excluding carboxylic acids is 1. The molecule has 3 aromatic heterocycles. The van der Waals surface area contributed by atoms with Crippen LogP contribution in [0.15, 0.2) is 53.4 Å². The molecule has 9 heteroatoms. The minimum absolute atomic E-state index is 0.0248. The highest BCUT2D eigenvalue weighted by atomic mass is 16.6. The molecule has 0 saturated heterocycles. The van der Waals surface area contributed by atoms with Gasteiger partial charge in [-0.25, -0.2) is 9.61 Å². The summed E-state index contributed by atoms with van der Waals surface area (Å²) in [5, 5.41) is 10.2. The van der Waals surface area contributed by atoms with Gasteiger partial charge < -0.3 is 15.6 Å². The smallest absolute Gasteiger partial charge is 0.244 e. The first-order valence-corrected chi connectivity index (χ1v) is 7.46. The Kier molecular flexibility index (Phi) is 3.58. The number of rotatable bonds is 4. The fourth-order valence-electron chi connectivity index (χ4n) is 2.55. The molecule has 0 aliphatic rings. The maximum Gasteiger partial charge on any atom is 0.244 e. The average molecular weight is 335 g/mol. The summed E-state index contributed by atoms with van der Waals surface area (Å²) < 4.78 is 6.38. The van der Waals surface area contributed by atoms with E-state index in [2.05, 4.69) is 30.2 Å². The summed E-state index contributed by atoms with van der Waals surface area (Å²) in [5.74, 6) is 0.304. The summed E-state index contributed by atoms with van der Waals surface area (Å²) in [6.07, 6.45) is 3.21. The number of imidazole rings is 1. The maximum absolute atomic E-state index is 12.5. The van der Waals surface area contributed by atoms with Crippen LogP contribution >= 0.6 is 0 Å². The van der Waals surface area contributed by atoms with Crippen LogP contribution in [0.4, 0.5) is 11.5 Å². The third-order valence-corrected chi connectivity index (χ3v) is 3.63. The van der Waals surface area contributed by atoms with Crippen LogP contribution in [0.2, 0.25) is 0 Å². The second-order valence-corrected chi connectivity index (χ2v) is 5.30. The van der Waals surface area contributed by atoms with E-state index in [0.717, 1.165) is 5.52 Å². The number of anilines is 2. The molecule has 3 N–H and O–H groups in total. The second kappa shape index (κ2) is 6.04. The van der Waals surface area contributed by atoms with Gasteiger partial charge in [0, 0.05) is 6.20 Å². The molecule has 0 unspecified atom stereocenters. The predicted octanol–water partition coefficient (Wildman–Crippen LogP) is 1.70. The number of carbonyl (C=O) groups is 1. The number of aromatic nitrogens is 5. The summed E-state index contributed by atoms with van der Waals surface area (Å²) in [6, 6.07) is 11.0. The Morgan fingerprint density at radius 1 is 1.20 bits per heavy atom. The molecule has 0 radical (unpaired) electrons. The van der Waals surface area contributed by atoms with Gasteiger partial charge >= 0.3 is 0 Å². The number of para-hydroxylation sites is 2. The molecule has 0 atom stereocenters. The lowest BCUT2D eigenvalue weighted by Gasteiger charge is -2.08. The second-order valence-electron chi connectivity index (χ2n) is 5.30. The Hall–Kier alpha value is -3.75. The molecule has 4 aromatic rings. The van der Waals surface area contributed by atoms with Crippen molar-refractivity contribution in [2.24, 2.45) is 0 Å². The Morgan fingerprint density at radius 3 is 2.84 bits per heavy atom. The molecule has 0 fully saturated rings. The zero-order chi connectivity index (χ0) is 17.2. The average Bonchev–Trinajstić information content (AvgIpc) is 3.19. The van der Waals surface area contributed by atoms with Crippen molar-refractivity contribution < 1.29 is 9.42 Å². The Balaban J connectivity index is 1.73. The van der Waals surface area contributed by atoms with E-state index in [1.54, 1.807) is 29.1 Å². The van der Waals surface area contributed by atoms with Crippen LogP contribution < -0.4 is 11.1 Å². The van der Waals surface area contributed by atoms with Crippen molar-refractivity contribution in [1.29, 1.82) is 0 Å². The van der Waals surface area contributed by atoms with Crippen LogP contribution in [0.1, 0.15) is 0 Å². The van der Waals surface area contributed by atoms with E-state index in [4.69, 9.17) is 5.73 Å². The first kappa shape index (κ1) is 14.8. The molecule has 124 valence electrons. The van der Waals surface area contributed by atoms with Crippen molar-refractivity contribution in [2.45, 2.75) is 6.54 Å². The van der Waals surface area contributed by atoms with Crippen LogP contribution in [0, 0.1) is 0 Å². The van der Waals surface area contributed by atoms with Gasteiger partial charge in [-0.3, -0.25) is 9.78 Å². The van der Waals surface area contributed by atoms with Crippen molar-refractivity contribution in [3.8, 4) is 11.5 Å². The normalized spacial score (nSPS) is 10.9. The van der Waals surface area contributed by atoms with E-state index in [9.17, 15) is 4.79 Å². The highest BCUT2D eigenvalue weighted by Crippen LogP contribution is 2.26. The number of nitrogens with two attached hydrogens (primary N) is 1. The Morgan fingerprint density at radius 2 is 2.08 bits per heavy atom. The number of benzene rings is 1. The number of hydrogen-bond donors (Lipinski definition) is 2. The lowest BCUT2D eigenvalue weighted by Crippen LogP contribution is -2.19. The highest BCUT2D eigenvalue weighted by molar-refractivity contribution is 5.92. The SMILES string of the molecule is Nc1nonc1-c1nc2ccccc2n1CC(=O)Nc1cccnc1. The van der Waals surface area contributed by atoms with E-state index >= 15 is 0 Å². The first-order valence-electron chi connectivity index (χ1n) is 7.46. The van der Waals surface area contributed by atoms with Crippen molar-refractivity contribution in [1.82, 2.24) is 24.8 Å². The van der Waals surface area contributed by atoms with Crippen LogP contribution in [-0.4, -0.2) is 30.8 Å². The molecular formula is C16H13N7O2. The topological polar surface area (TPSA) is 125 Å². The minimum Gasteiger partial charge on any atom is -0.379 e. The van der Waals surface area contributed by atoms with E-state index < -0.39 is 0 Å². The van der Waals surface area contributed by atoms with Gasteiger partial charge in [-0.2, -0.15) is 0 Å². The third-order valence-electron chi connectivity index (χ3n) is 3.63. The predicted molar refractivity (Wildman–Crippen MR) is 90.3 cm³/mol. The maximum atomic E-state index is 12.5. The molecule has 3 heterocycles. The van der Waals surface area contributed by atoms with E-state index in [0.29, 0.717) is 22.7 Å². The molecule has 4 rings (SSSR count). The molecule has 1 amide bonds. The Bertz CT molecular complexity index is 1040. The van der Waals surface area contributed by atoms with Crippen molar-refractivity contribution in [3.63, 3.8) is 0 Å². The number of pyridine rings is 1. The standard InChI is InChI=1S/C16H13N7O2/c17-15-14(21-25-22-15)16-20-11-5-1-2-6-12(11)23(16)9-13(24)19-10-4-3-7-18-8-10/h1-8H,9H2,(H2,17,22)(H,19,24). The zero-order valence-corrected chi connectivity index (χ0v) is 13.0. The molecule has 0 aliphatic carbocycles. The van der Waals surface area contributed by atoms with Gasteiger partial charge in [0.2, 0.25) is 5.91 Å². The number of fused-ring (bicyclic) bond motifs is 1. The fraction of sp³-hybridized carbons (Fsp3) is 0.0625. The summed E-state index contributed by atoms with van der Waals surface area (Å²) >= 11 is 0. The molecule has 9 nitrogen and oxygen atoms in total. The van der Waals surface area contributed by atoms with Gasteiger partial charge in [0.25, 0.3) is 0 Å². The molecule has 0 bridgehead atoms. The third kappa shape index (κ3) is 2.78. The van der Waals surface area contributed by atoms with Gasteiger partial charge in [-0.1, -0.05) is 12.1 Å². The van der Waals surface area contributed by atoms with Gasteiger partial charge in [-0.05, 0) is 34.6 Å². The number of hydrogen-bond acceptors (Lipinski definition) is 7. The molecule has 0 spiro atoms.